The van der Waals surface area contributed by atoms with Crippen LogP contribution in [0.25, 0.3) is 0 Å². The van der Waals surface area contributed by atoms with Crippen molar-refractivity contribution in [3.05, 3.63) is 0 Å². The van der Waals surface area contributed by atoms with Crippen LogP contribution in [0.2, 0.25) is 0 Å². The minimum Gasteiger partial charge on any atom is -0.345 e. The van der Waals surface area contributed by atoms with Gasteiger partial charge in [-0.1, -0.05) is 61.3 Å². The van der Waals surface area contributed by atoms with Gasteiger partial charge in [-0.3, -0.25) is 19.2 Å². The van der Waals surface area contributed by atoms with Gasteiger partial charge in [0.2, 0.25) is 23.6 Å². The van der Waals surface area contributed by atoms with Crippen molar-refractivity contribution in [3.8, 4) is 0 Å². The first-order valence-electron chi connectivity index (χ1n) is 12.9. The molecule has 0 aliphatic heterocycles. The molecule has 9 heteroatoms. The first kappa shape index (κ1) is 32.5. The van der Waals surface area contributed by atoms with E-state index in [1.807, 2.05) is 48.5 Å². The summed E-state index contributed by atoms with van der Waals surface area (Å²) in [5.74, 6) is -1.25. The highest BCUT2D eigenvalue weighted by atomic mass is 16.2. The molecule has 0 aromatic carbocycles. The number of carbonyl (C=O) groups excluding carboxylic acids is 5. The molecule has 0 fully saturated rings. The largest absolute Gasteiger partial charge is 0.345 e. The zero-order chi connectivity index (χ0) is 27.1. The molecule has 0 radical (unpaired) electrons. The van der Waals surface area contributed by atoms with E-state index in [2.05, 4.69) is 21.3 Å². The lowest BCUT2D eigenvalue weighted by molar-refractivity contribution is -0.134. The van der Waals surface area contributed by atoms with Crippen molar-refractivity contribution in [2.24, 2.45) is 17.8 Å². The second-order valence-corrected chi connectivity index (χ2v) is 10.7. The molecular formula is C26H48N4O5. The van der Waals surface area contributed by atoms with E-state index >= 15 is 0 Å². The van der Waals surface area contributed by atoms with Gasteiger partial charge in [0.15, 0.2) is 0 Å². The number of unbranched alkanes of at least 4 members (excludes halogenated alkanes) is 1. The maximum absolute atomic E-state index is 13.2. The molecule has 2 unspecified atom stereocenters. The lowest BCUT2D eigenvalue weighted by Gasteiger charge is -2.27. The second-order valence-electron chi connectivity index (χ2n) is 10.7. The fraction of sp³-hybridized carbons (Fsp3) is 0.808. The van der Waals surface area contributed by atoms with Gasteiger partial charge in [0.1, 0.15) is 24.4 Å². The Morgan fingerprint density at radius 2 is 1.03 bits per heavy atom. The molecule has 9 nitrogen and oxygen atoms in total. The summed E-state index contributed by atoms with van der Waals surface area (Å²) >= 11 is 0. The molecule has 0 saturated carbocycles. The molecule has 202 valence electrons. The quantitative estimate of drug-likeness (QED) is 0.230. The number of amides is 4. The van der Waals surface area contributed by atoms with Gasteiger partial charge < -0.3 is 26.1 Å². The number of hydrogen-bond donors (Lipinski definition) is 4. The minimum absolute atomic E-state index is 0.0984. The van der Waals surface area contributed by atoms with Crippen LogP contribution in [-0.2, 0) is 24.0 Å². The Morgan fingerprint density at radius 3 is 1.34 bits per heavy atom. The topological polar surface area (TPSA) is 133 Å². The maximum atomic E-state index is 13.2. The zero-order valence-electron chi connectivity index (χ0n) is 22.9. The van der Waals surface area contributed by atoms with Crippen LogP contribution < -0.4 is 21.3 Å². The normalized spacial score (nSPS) is 14.7. The first-order chi connectivity index (χ1) is 16.3. The Bertz CT molecular complexity index is 693. The van der Waals surface area contributed by atoms with Gasteiger partial charge in [0.25, 0.3) is 0 Å². The molecule has 0 aromatic rings. The van der Waals surface area contributed by atoms with Crippen LogP contribution in [0.5, 0.6) is 0 Å². The predicted octanol–water partition coefficient (Wildman–Crippen LogP) is 2.47. The highest BCUT2D eigenvalue weighted by molar-refractivity contribution is 5.94. The van der Waals surface area contributed by atoms with Crippen LogP contribution in [0.4, 0.5) is 0 Å². The summed E-state index contributed by atoms with van der Waals surface area (Å²) in [5.41, 5.74) is 0. The van der Waals surface area contributed by atoms with E-state index in [0.717, 1.165) is 19.1 Å². The van der Waals surface area contributed by atoms with Crippen molar-refractivity contribution in [2.75, 3.05) is 0 Å². The first-order valence-corrected chi connectivity index (χ1v) is 12.9. The average Bonchev–Trinajstić information content (AvgIpc) is 2.73. The van der Waals surface area contributed by atoms with Gasteiger partial charge in [-0.25, -0.2) is 0 Å². The summed E-state index contributed by atoms with van der Waals surface area (Å²) in [5, 5.41) is 11.0. The van der Waals surface area contributed by atoms with E-state index in [9.17, 15) is 24.0 Å². The van der Waals surface area contributed by atoms with Gasteiger partial charge in [0, 0.05) is 6.92 Å². The molecule has 4 atom stereocenters. The van der Waals surface area contributed by atoms with Gasteiger partial charge in [-0.2, -0.15) is 0 Å². The van der Waals surface area contributed by atoms with Crippen LogP contribution in [-0.4, -0.2) is 54.1 Å². The fourth-order valence-corrected chi connectivity index (χ4v) is 3.78. The number of rotatable bonds is 17. The molecule has 0 heterocycles. The number of aldehydes is 1. The van der Waals surface area contributed by atoms with E-state index in [1.165, 1.54) is 6.92 Å². The SMILES string of the molecule is CCCC[C@@H](C=O)NC(=O)C(CC(C)C)NC(=O)[C@H](CC(C)C)NC(=O)C(CC(C)C)NC(C)=O. The maximum Gasteiger partial charge on any atom is 0.243 e. The fourth-order valence-electron chi connectivity index (χ4n) is 3.78. The molecule has 0 aliphatic carbocycles. The molecule has 0 aliphatic rings. The van der Waals surface area contributed by atoms with Crippen LogP contribution in [0, 0.1) is 17.8 Å². The van der Waals surface area contributed by atoms with Crippen LogP contribution >= 0.6 is 0 Å². The number of hydrogen-bond acceptors (Lipinski definition) is 5. The Kier molecular flexibility index (Phi) is 15.9. The Morgan fingerprint density at radius 1 is 0.657 bits per heavy atom. The second kappa shape index (κ2) is 17.1. The lowest BCUT2D eigenvalue weighted by atomic mass is 9.98. The van der Waals surface area contributed by atoms with E-state index < -0.39 is 41.9 Å². The minimum atomic E-state index is -0.865. The molecule has 0 rings (SSSR count). The van der Waals surface area contributed by atoms with Gasteiger partial charge in [-0.15, -0.1) is 0 Å². The van der Waals surface area contributed by atoms with Crippen molar-refractivity contribution in [3.63, 3.8) is 0 Å². The average molecular weight is 497 g/mol. The van der Waals surface area contributed by atoms with Crippen molar-refractivity contribution < 1.29 is 24.0 Å². The van der Waals surface area contributed by atoms with Crippen molar-refractivity contribution in [1.82, 2.24) is 21.3 Å². The Hall–Kier alpha value is -2.45. The molecule has 0 aromatic heterocycles. The number of nitrogens with one attached hydrogen (secondary N) is 4. The molecular weight excluding hydrogens is 448 g/mol. The molecule has 0 saturated heterocycles. The van der Waals surface area contributed by atoms with E-state index in [4.69, 9.17) is 0 Å². The predicted molar refractivity (Wildman–Crippen MR) is 137 cm³/mol. The van der Waals surface area contributed by atoms with E-state index in [-0.39, 0.29) is 23.7 Å². The van der Waals surface area contributed by atoms with Gasteiger partial charge in [-0.05, 0) is 43.4 Å². The summed E-state index contributed by atoms with van der Waals surface area (Å²) in [6.07, 6.45) is 4.17. The van der Waals surface area contributed by atoms with Crippen LogP contribution in [0.1, 0.15) is 93.9 Å². The third-order valence-electron chi connectivity index (χ3n) is 5.44. The number of carbonyl (C=O) groups is 5. The third-order valence-corrected chi connectivity index (χ3v) is 5.44. The van der Waals surface area contributed by atoms with Crippen molar-refractivity contribution >= 4 is 29.9 Å². The summed E-state index contributed by atoms with van der Waals surface area (Å²) in [6.45, 7) is 15.0. The van der Waals surface area contributed by atoms with Gasteiger partial charge >= 0.3 is 0 Å². The van der Waals surface area contributed by atoms with E-state index in [0.29, 0.717) is 25.7 Å². The summed E-state index contributed by atoms with van der Waals surface area (Å²) in [4.78, 5) is 62.2. The third kappa shape index (κ3) is 14.5. The monoisotopic (exact) mass is 496 g/mol. The van der Waals surface area contributed by atoms with Crippen LogP contribution in [0.15, 0.2) is 0 Å². The van der Waals surface area contributed by atoms with Crippen LogP contribution in [0.3, 0.4) is 0 Å². The molecule has 4 amide bonds. The Labute approximate surface area is 211 Å². The highest BCUT2D eigenvalue weighted by Gasteiger charge is 2.31. The lowest BCUT2D eigenvalue weighted by Crippen LogP contribution is -2.57. The summed E-state index contributed by atoms with van der Waals surface area (Å²) in [7, 11) is 0. The molecule has 0 bridgehead atoms. The Balaban J connectivity index is 5.59. The van der Waals surface area contributed by atoms with Crippen molar-refractivity contribution in [2.45, 2.75) is 118 Å². The summed E-state index contributed by atoms with van der Waals surface area (Å²) in [6, 6.07) is -3.05. The highest BCUT2D eigenvalue weighted by Crippen LogP contribution is 2.11. The molecule has 4 N–H and O–H groups in total. The van der Waals surface area contributed by atoms with Gasteiger partial charge in [0.05, 0.1) is 6.04 Å². The summed E-state index contributed by atoms with van der Waals surface area (Å²) < 4.78 is 0. The molecule has 0 spiro atoms. The molecule has 35 heavy (non-hydrogen) atoms. The van der Waals surface area contributed by atoms with Crippen molar-refractivity contribution in [1.29, 1.82) is 0 Å². The zero-order valence-corrected chi connectivity index (χ0v) is 22.9. The smallest absolute Gasteiger partial charge is 0.243 e. The standard InChI is InChI=1S/C26H48N4O5/c1-9-10-11-20(15-31)28-24(33)22(13-17(4)5)29-26(35)23(14-18(6)7)30-25(34)21(12-16(2)3)27-19(8)32/h15-18,20-23H,9-14H2,1-8H3,(H,27,32)(H,28,33)(H,29,35)(H,30,34)/t20-,21?,22?,23-/m0/s1. The van der Waals surface area contributed by atoms with E-state index in [1.54, 1.807) is 0 Å².